The third kappa shape index (κ3) is 2.00. The zero-order valence-electron chi connectivity index (χ0n) is 7.58. The van der Waals surface area contributed by atoms with Gasteiger partial charge in [-0.3, -0.25) is 0 Å². The average molecular weight is 244 g/mol. The lowest BCUT2D eigenvalue weighted by atomic mass is 10.1. The van der Waals surface area contributed by atoms with E-state index in [-0.39, 0.29) is 6.61 Å². The van der Waals surface area contributed by atoms with Crippen molar-refractivity contribution in [2.24, 2.45) is 0 Å². The van der Waals surface area contributed by atoms with E-state index in [0.717, 1.165) is 5.56 Å². The lowest BCUT2D eigenvalue weighted by Crippen LogP contribution is -1.86. The first kappa shape index (κ1) is 10.5. The molecule has 0 aliphatic carbocycles. The number of benzene rings is 1. The van der Waals surface area contributed by atoms with Crippen molar-refractivity contribution in [1.29, 1.82) is 0 Å². The van der Waals surface area contributed by atoms with E-state index in [9.17, 15) is 0 Å². The Hall–Kier alpha value is -1.03. The summed E-state index contributed by atoms with van der Waals surface area (Å²) >= 11 is 11.7. The Morgan fingerprint density at radius 3 is 2.73 bits per heavy atom. The Bertz CT molecular complexity index is 482. The van der Waals surface area contributed by atoms with Crippen molar-refractivity contribution in [3.8, 4) is 11.3 Å². The smallest absolute Gasteiger partial charge is 0.181 e. The Labute approximate surface area is 96.3 Å². The zero-order valence-corrected chi connectivity index (χ0v) is 9.09. The number of aliphatic hydroxyl groups is 1. The predicted octanol–water partition coefficient (Wildman–Crippen LogP) is 3.14. The number of aliphatic hydroxyl groups excluding tert-OH is 1. The summed E-state index contributed by atoms with van der Waals surface area (Å²) in [7, 11) is 0. The Balaban J connectivity index is 2.50. The third-order valence-corrected chi connectivity index (χ3v) is 2.71. The topological polar surface area (TPSA) is 46.3 Å². The van der Waals surface area contributed by atoms with Crippen LogP contribution < -0.4 is 0 Å². The molecule has 3 nitrogen and oxygen atoms in total. The quantitative estimate of drug-likeness (QED) is 0.882. The molecule has 2 aromatic rings. The molecule has 0 aliphatic rings. The van der Waals surface area contributed by atoms with Crippen LogP contribution in [-0.4, -0.2) is 10.1 Å². The summed E-state index contributed by atoms with van der Waals surface area (Å²) in [4.78, 5) is 3.87. The van der Waals surface area contributed by atoms with E-state index in [1.807, 2.05) is 0 Å². The second-order valence-electron chi connectivity index (χ2n) is 2.92. The number of halogens is 2. The highest BCUT2D eigenvalue weighted by Crippen LogP contribution is 2.30. The SMILES string of the molecule is OCc1ncoc1-c1ccc(Cl)c(Cl)c1. The molecule has 0 amide bonds. The summed E-state index contributed by atoms with van der Waals surface area (Å²) in [6, 6.07) is 5.10. The first-order valence-corrected chi connectivity index (χ1v) is 4.96. The van der Waals surface area contributed by atoms with Crippen molar-refractivity contribution in [1.82, 2.24) is 4.98 Å². The molecule has 0 bridgehead atoms. The molecule has 0 atom stereocenters. The molecule has 5 heteroatoms. The van der Waals surface area contributed by atoms with Crippen LogP contribution in [0.2, 0.25) is 10.0 Å². The van der Waals surface area contributed by atoms with Crippen LogP contribution in [-0.2, 0) is 6.61 Å². The van der Waals surface area contributed by atoms with E-state index in [1.165, 1.54) is 6.39 Å². The molecule has 78 valence electrons. The summed E-state index contributed by atoms with van der Waals surface area (Å²) in [5.41, 5.74) is 1.22. The zero-order chi connectivity index (χ0) is 10.8. The molecule has 2 rings (SSSR count). The molecule has 0 saturated carbocycles. The van der Waals surface area contributed by atoms with Crippen molar-refractivity contribution >= 4 is 23.2 Å². The van der Waals surface area contributed by atoms with Crippen LogP contribution in [0.3, 0.4) is 0 Å². The summed E-state index contributed by atoms with van der Waals surface area (Å²) in [5.74, 6) is 0.510. The van der Waals surface area contributed by atoms with Gasteiger partial charge >= 0.3 is 0 Å². The Kier molecular flexibility index (Phi) is 2.95. The van der Waals surface area contributed by atoms with Crippen LogP contribution in [0, 0.1) is 0 Å². The first-order valence-electron chi connectivity index (χ1n) is 4.21. The van der Waals surface area contributed by atoms with Gasteiger partial charge in [0.2, 0.25) is 0 Å². The van der Waals surface area contributed by atoms with E-state index in [1.54, 1.807) is 18.2 Å². The van der Waals surface area contributed by atoms with Gasteiger partial charge < -0.3 is 9.52 Å². The van der Waals surface area contributed by atoms with Crippen molar-refractivity contribution in [2.75, 3.05) is 0 Å². The summed E-state index contributed by atoms with van der Waals surface area (Å²) in [5, 5.41) is 9.93. The van der Waals surface area contributed by atoms with Gasteiger partial charge in [0.25, 0.3) is 0 Å². The first-order chi connectivity index (χ1) is 7.22. The monoisotopic (exact) mass is 243 g/mol. The van der Waals surface area contributed by atoms with Gasteiger partial charge in [-0.25, -0.2) is 4.98 Å². The predicted molar refractivity (Wildman–Crippen MR) is 57.9 cm³/mol. The lowest BCUT2D eigenvalue weighted by molar-refractivity contribution is 0.277. The highest BCUT2D eigenvalue weighted by atomic mass is 35.5. The van der Waals surface area contributed by atoms with Gasteiger partial charge in [-0.15, -0.1) is 0 Å². The maximum atomic E-state index is 9.01. The normalized spacial score (nSPS) is 10.6. The van der Waals surface area contributed by atoms with Crippen LogP contribution in [0.5, 0.6) is 0 Å². The van der Waals surface area contributed by atoms with Gasteiger partial charge in [-0.1, -0.05) is 23.2 Å². The molecule has 1 heterocycles. The highest BCUT2D eigenvalue weighted by Gasteiger charge is 2.10. The molecule has 0 fully saturated rings. The van der Waals surface area contributed by atoms with Crippen LogP contribution >= 0.6 is 23.2 Å². The van der Waals surface area contributed by atoms with Crippen LogP contribution in [0.25, 0.3) is 11.3 Å². The Morgan fingerprint density at radius 2 is 2.07 bits per heavy atom. The van der Waals surface area contributed by atoms with E-state index in [0.29, 0.717) is 21.5 Å². The van der Waals surface area contributed by atoms with E-state index < -0.39 is 0 Å². The molecule has 0 spiro atoms. The number of nitrogens with zero attached hydrogens (tertiary/aromatic N) is 1. The van der Waals surface area contributed by atoms with Crippen molar-refractivity contribution in [3.63, 3.8) is 0 Å². The number of hydrogen-bond acceptors (Lipinski definition) is 3. The maximum Gasteiger partial charge on any atom is 0.181 e. The summed E-state index contributed by atoms with van der Waals surface area (Å²) in [6.45, 7) is -0.175. The van der Waals surface area contributed by atoms with Gasteiger partial charge in [0, 0.05) is 5.56 Å². The van der Waals surface area contributed by atoms with Gasteiger partial charge in [-0.2, -0.15) is 0 Å². The second kappa shape index (κ2) is 4.23. The average Bonchev–Trinajstić information content (AvgIpc) is 2.70. The van der Waals surface area contributed by atoms with Gasteiger partial charge in [0.05, 0.1) is 16.7 Å². The minimum absolute atomic E-state index is 0.175. The fourth-order valence-corrected chi connectivity index (χ4v) is 1.55. The molecule has 1 aromatic carbocycles. The van der Waals surface area contributed by atoms with Gasteiger partial charge in [0.1, 0.15) is 5.69 Å². The van der Waals surface area contributed by atoms with E-state index >= 15 is 0 Å². The van der Waals surface area contributed by atoms with Crippen LogP contribution in [0.4, 0.5) is 0 Å². The summed E-state index contributed by atoms with van der Waals surface area (Å²) in [6.07, 6.45) is 1.28. The molecular weight excluding hydrogens is 237 g/mol. The van der Waals surface area contributed by atoms with Crippen molar-refractivity contribution < 1.29 is 9.52 Å². The molecule has 1 aromatic heterocycles. The number of hydrogen-bond donors (Lipinski definition) is 1. The summed E-state index contributed by atoms with van der Waals surface area (Å²) < 4.78 is 5.16. The fraction of sp³-hybridized carbons (Fsp3) is 0.100. The molecule has 0 saturated heterocycles. The molecule has 0 radical (unpaired) electrons. The minimum atomic E-state index is -0.175. The maximum absolute atomic E-state index is 9.01. The highest BCUT2D eigenvalue weighted by molar-refractivity contribution is 6.42. The number of aromatic nitrogens is 1. The van der Waals surface area contributed by atoms with E-state index in [4.69, 9.17) is 32.7 Å². The fourth-order valence-electron chi connectivity index (χ4n) is 1.25. The third-order valence-electron chi connectivity index (χ3n) is 1.97. The largest absolute Gasteiger partial charge is 0.443 e. The standard InChI is InChI=1S/C10H7Cl2NO2/c11-7-2-1-6(3-8(7)12)10-9(4-14)13-5-15-10/h1-3,5,14H,4H2. The van der Waals surface area contributed by atoms with E-state index in [2.05, 4.69) is 4.98 Å². The van der Waals surface area contributed by atoms with Crippen LogP contribution in [0.15, 0.2) is 29.0 Å². The van der Waals surface area contributed by atoms with Gasteiger partial charge in [0.15, 0.2) is 12.2 Å². The van der Waals surface area contributed by atoms with Crippen LogP contribution in [0.1, 0.15) is 5.69 Å². The second-order valence-corrected chi connectivity index (χ2v) is 3.73. The molecule has 1 N–H and O–H groups in total. The van der Waals surface area contributed by atoms with Gasteiger partial charge in [-0.05, 0) is 18.2 Å². The molecule has 0 aliphatic heterocycles. The van der Waals surface area contributed by atoms with Crippen molar-refractivity contribution in [3.05, 3.63) is 40.3 Å². The lowest BCUT2D eigenvalue weighted by Gasteiger charge is -2.00. The molecule has 15 heavy (non-hydrogen) atoms. The number of oxazole rings is 1. The molecule has 0 unspecified atom stereocenters. The Morgan fingerprint density at radius 1 is 1.27 bits per heavy atom. The minimum Gasteiger partial charge on any atom is -0.443 e. The van der Waals surface area contributed by atoms with Crippen molar-refractivity contribution in [2.45, 2.75) is 6.61 Å². The number of rotatable bonds is 2. The molecular formula is C10H7Cl2NO2.